The van der Waals surface area contributed by atoms with E-state index in [1.165, 1.54) is 0 Å². The molecule has 3 N–H and O–H groups in total. The Balaban J connectivity index is 2.54. The molecule has 1 saturated heterocycles. The SMILES string of the molecule is CC(C)(C)C1CCN(CC(C(=N)N)C(F)(F)F)CC1. The van der Waals surface area contributed by atoms with E-state index in [0.29, 0.717) is 19.0 Å². The maximum absolute atomic E-state index is 12.7. The van der Waals surface area contributed by atoms with Crippen LogP contribution in [0.4, 0.5) is 13.2 Å². The molecule has 0 amide bonds. The Morgan fingerprint density at radius 2 is 1.74 bits per heavy atom. The van der Waals surface area contributed by atoms with Crippen molar-refractivity contribution < 1.29 is 13.2 Å². The third-order valence-electron chi connectivity index (χ3n) is 4.02. The fourth-order valence-corrected chi connectivity index (χ4v) is 2.62. The molecule has 0 aromatic heterocycles. The Hall–Kier alpha value is -0.780. The van der Waals surface area contributed by atoms with E-state index in [1.807, 2.05) is 0 Å². The summed E-state index contributed by atoms with van der Waals surface area (Å²) < 4.78 is 38.2. The van der Waals surface area contributed by atoms with Crippen LogP contribution in [0.3, 0.4) is 0 Å². The van der Waals surface area contributed by atoms with Crippen molar-refractivity contribution in [3.05, 3.63) is 0 Å². The Labute approximate surface area is 112 Å². The van der Waals surface area contributed by atoms with E-state index in [1.54, 1.807) is 4.90 Å². The highest BCUT2D eigenvalue weighted by Gasteiger charge is 2.43. The summed E-state index contributed by atoms with van der Waals surface area (Å²) >= 11 is 0. The summed E-state index contributed by atoms with van der Waals surface area (Å²) in [6, 6.07) is 0. The molecule has 0 aliphatic carbocycles. The number of likely N-dealkylation sites (tertiary alicyclic amines) is 1. The monoisotopic (exact) mass is 279 g/mol. The molecular formula is C13H24F3N3. The van der Waals surface area contributed by atoms with Gasteiger partial charge in [0.15, 0.2) is 0 Å². The van der Waals surface area contributed by atoms with Crippen molar-refractivity contribution in [3.63, 3.8) is 0 Å². The van der Waals surface area contributed by atoms with E-state index < -0.39 is 17.9 Å². The first-order valence-corrected chi connectivity index (χ1v) is 6.65. The highest BCUT2D eigenvalue weighted by atomic mass is 19.4. The van der Waals surface area contributed by atoms with Crippen LogP contribution < -0.4 is 5.73 Å². The predicted octanol–water partition coefficient (Wildman–Crippen LogP) is 2.86. The number of piperidine rings is 1. The average Bonchev–Trinajstić information content (AvgIpc) is 2.23. The number of hydrogen-bond donors (Lipinski definition) is 2. The maximum atomic E-state index is 12.7. The molecule has 0 spiro atoms. The minimum atomic E-state index is -4.42. The van der Waals surface area contributed by atoms with Crippen molar-refractivity contribution in [2.75, 3.05) is 19.6 Å². The van der Waals surface area contributed by atoms with Crippen LogP contribution in [-0.2, 0) is 0 Å². The molecule has 112 valence electrons. The van der Waals surface area contributed by atoms with Gasteiger partial charge in [-0.05, 0) is 37.3 Å². The summed E-state index contributed by atoms with van der Waals surface area (Å²) in [5.41, 5.74) is 5.28. The fourth-order valence-electron chi connectivity index (χ4n) is 2.62. The number of halogens is 3. The largest absolute Gasteiger partial charge is 0.399 e. The van der Waals surface area contributed by atoms with Gasteiger partial charge in [-0.25, -0.2) is 0 Å². The van der Waals surface area contributed by atoms with Gasteiger partial charge in [-0.2, -0.15) is 13.2 Å². The van der Waals surface area contributed by atoms with Crippen molar-refractivity contribution >= 4 is 5.84 Å². The molecule has 19 heavy (non-hydrogen) atoms. The summed E-state index contributed by atoms with van der Waals surface area (Å²) in [6.07, 6.45) is -2.61. The first kappa shape index (κ1) is 16.3. The van der Waals surface area contributed by atoms with Gasteiger partial charge in [0, 0.05) is 6.54 Å². The summed E-state index contributed by atoms with van der Waals surface area (Å²) in [4.78, 5) is 1.78. The number of alkyl halides is 3. The summed E-state index contributed by atoms with van der Waals surface area (Å²) in [5.74, 6) is -2.07. The van der Waals surface area contributed by atoms with Gasteiger partial charge in [0.1, 0.15) is 11.8 Å². The van der Waals surface area contributed by atoms with Crippen molar-refractivity contribution in [3.8, 4) is 0 Å². The fraction of sp³-hybridized carbons (Fsp3) is 0.923. The van der Waals surface area contributed by atoms with Crippen LogP contribution in [0.25, 0.3) is 0 Å². The number of nitrogens with two attached hydrogens (primary N) is 1. The summed E-state index contributed by atoms with van der Waals surface area (Å²) in [6.45, 7) is 7.63. The lowest BCUT2D eigenvalue weighted by atomic mass is 9.75. The lowest BCUT2D eigenvalue weighted by molar-refractivity contribution is -0.161. The van der Waals surface area contributed by atoms with Gasteiger partial charge in [0.05, 0.1) is 0 Å². The second-order valence-corrected chi connectivity index (χ2v) is 6.49. The van der Waals surface area contributed by atoms with Crippen LogP contribution in [0.5, 0.6) is 0 Å². The topological polar surface area (TPSA) is 53.1 Å². The van der Waals surface area contributed by atoms with Gasteiger partial charge in [-0.15, -0.1) is 0 Å². The molecule has 1 heterocycles. The first-order valence-electron chi connectivity index (χ1n) is 6.65. The number of hydrogen-bond acceptors (Lipinski definition) is 2. The number of rotatable bonds is 3. The highest BCUT2D eigenvalue weighted by molar-refractivity contribution is 5.80. The number of nitrogens with one attached hydrogen (secondary N) is 1. The normalized spacial score (nSPS) is 21.4. The standard InChI is InChI=1S/C13H24F3N3/c1-12(2,3)9-4-6-19(7-5-9)8-10(11(17)18)13(14,15)16/h9-10H,4-8H2,1-3H3,(H3,17,18). The minimum absolute atomic E-state index is 0.185. The van der Waals surface area contributed by atoms with E-state index in [2.05, 4.69) is 20.8 Å². The number of nitrogens with zero attached hydrogens (tertiary/aromatic N) is 1. The predicted molar refractivity (Wildman–Crippen MR) is 70.1 cm³/mol. The third kappa shape index (κ3) is 4.67. The molecule has 0 saturated carbocycles. The van der Waals surface area contributed by atoms with E-state index in [4.69, 9.17) is 11.1 Å². The Kier molecular flexibility index (Phi) is 4.87. The van der Waals surface area contributed by atoms with Crippen LogP contribution >= 0.6 is 0 Å². The average molecular weight is 279 g/mol. The van der Waals surface area contributed by atoms with E-state index in [0.717, 1.165) is 12.8 Å². The van der Waals surface area contributed by atoms with Crippen molar-refractivity contribution in [2.45, 2.75) is 39.8 Å². The van der Waals surface area contributed by atoms with Gasteiger partial charge in [0.25, 0.3) is 0 Å². The first-order chi connectivity index (χ1) is 8.51. The second kappa shape index (κ2) is 5.69. The quantitative estimate of drug-likeness (QED) is 0.616. The van der Waals surface area contributed by atoms with E-state index >= 15 is 0 Å². The molecule has 0 aromatic carbocycles. The van der Waals surface area contributed by atoms with Crippen LogP contribution in [0.15, 0.2) is 0 Å². The lowest BCUT2D eigenvalue weighted by Gasteiger charge is -2.39. The molecule has 1 rings (SSSR count). The third-order valence-corrected chi connectivity index (χ3v) is 4.02. The molecule has 0 aromatic rings. The van der Waals surface area contributed by atoms with Crippen LogP contribution in [0.1, 0.15) is 33.6 Å². The van der Waals surface area contributed by atoms with Crippen LogP contribution in [-0.4, -0.2) is 36.5 Å². The molecule has 1 fully saturated rings. The van der Waals surface area contributed by atoms with Gasteiger partial charge >= 0.3 is 6.18 Å². The summed E-state index contributed by atoms with van der Waals surface area (Å²) in [5, 5.41) is 7.10. The maximum Gasteiger partial charge on any atom is 0.399 e. The molecule has 0 radical (unpaired) electrons. The molecule has 0 bridgehead atoms. The van der Waals surface area contributed by atoms with Crippen molar-refractivity contribution in [1.82, 2.24) is 4.90 Å². The zero-order chi connectivity index (χ0) is 14.8. The Morgan fingerprint density at radius 1 is 1.26 bits per heavy atom. The van der Waals surface area contributed by atoms with Crippen molar-refractivity contribution in [1.29, 1.82) is 5.41 Å². The van der Waals surface area contributed by atoms with Gasteiger partial charge in [-0.1, -0.05) is 20.8 Å². The molecule has 1 atom stereocenters. The van der Waals surface area contributed by atoms with Crippen molar-refractivity contribution in [2.24, 2.45) is 23.0 Å². The zero-order valence-electron chi connectivity index (χ0n) is 11.8. The molecular weight excluding hydrogens is 255 g/mol. The second-order valence-electron chi connectivity index (χ2n) is 6.49. The van der Waals surface area contributed by atoms with Crippen LogP contribution in [0.2, 0.25) is 0 Å². The smallest absolute Gasteiger partial charge is 0.387 e. The molecule has 1 aliphatic rings. The molecule has 3 nitrogen and oxygen atoms in total. The van der Waals surface area contributed by atoms with Crippen LogP contribution in [0, 0.1) is 22.7 Å². The molecule has 1 unspecified atom stereocenters. The molecule has 1 aliphatic heterocycles. The number of amidine groups is 1. The zero-order valence-corrected chi connectivity index (χ0v) is 11.8. The van der Waals surface area contributed by atoms with Gasteiger partial charge in [0.2, 0.25) is 0 Å². The highest BCUT2D eigenvalue weighted by Crippen LogP contribution is 2.35. The van der Waals surface area contributed by atoms with E-state index in [9.17, 15) is 13.2 Å². The van der Waals surface area contributed by atoms with Gasteiger partial charge < -0.3 is 10.6 Å². The van der Waals surface area contributed by atoms with Gasteiger partial charge in [-0.3, -0.25) is 5.41 Å². The Morgan fingerprint density at radius 3 is 2.05 bits per heavy atom. The van der Waals surface area contributed by atoms with E-state index in [-0.39, 0.29) is 12.0 Å². The minimum Gasteiger partial charge on any atom is -0.387 e. The Bertz CT molecular complexity index is 312. The molecule has 6 heteroatoms. The lowest BCUT2D eigenvalue weighted by Crippen LogP contribution is -2.47. The summed E-state index contributed by atoms with van der Waals surface area (Å²) in [7, 11) is 0.